The summed E-state index contributed by atoms with van der Waals surface area (Å²) in [6.07, 6.45) is 6.02. The lowest BCUT2D eigenvalue weighted by molar-refractivity contribution is -0.133. The van der Waals surface area contributed by atoms with E-state index in [0.717, 1.165) is 38.8 Å². The molecule has 0 atom stereocenters. The van der Waals surface area contributed by atoms with Crippen LogP contribution < -0.4 is 4.74 Å². The molecule has 0 bridgehead atoms. The number of aryl methyl sites for hydroxylation is 2. The topological polar surface area (TPSA) is 55.3 Å². The van der Waals surface area contributed by atoms with Crippen molar-refractivity contribution in [2.45, 2.75) is 45.1 Å². The third kappa shape index (κ3) is 5.28. The molecule has 1 amide bonds. The summed E-state index contributed by atoms with van der Waals surface area (Å²) in [7, 11) is 0. The number of rotatable bonds is 6. The van der Waals surface area contributed by atoms with Crippen LogP contribution in [0.25, 0.3) is 0 Å². The van der Waals surface area contributed by atoms with Gasteiger partial charge in [-0.25, -0.2) is 4.98 Å². The molecule has 5 nitrogen and oxygen atoms in total. The molecule has 1 aromatic carbocycles. The summed E-state index contributed by atoms with van der Waals surface area (Å²) in [6.45, 7) is 3.38. The number of ether oxygens (including phenoxy) is 1. The van der Waals surface area contributed by atoms with E-state index in [4.69, 9.17) is 4.74 Å². The number of hydrogen-bond donors (Lipinski definition) is 0. The van der Waals surface area contributed by atoms with Crippen molar-refractivity contribution in [2.24, 2.45) is 0 Å². The van der Waals surface area contributed by atoms with Crippen LogP contribution in [0, 0.1) is 6.92 Å². The number of benzene rings is 1. The Labute approximate surface area is 149 Å². The van der Waals surface area contributed by atoms with Crippen molar-refractivity contribution in [3.05, 3.63) is 54.0 Å². The maximum absolute atomic E-state index is 12.4. The molecule has 1 saturated heterocycles. The lowest BCUT2D eigenvalue weighted by atomic mass is 10.1. The second-order valence-electron chi connectivity index (χ2n) is 6.48. The first-order valence-electron chi connectivity index (χ1n) is 8.99. The van der Waals surface area contributed by atoms with Gasteiger partial charge in [0, 0.05) is 44.6 Å². The third-order valence-electron chi connectivity index (χ3n) is 4.53. The molecule has 2 aromatic rings. The molecule has 132 valence electrons. The fourth-order valence-electron chi connectivity index (χ4n) is 3.14. The Bertz CT molecular complexity index is 682. The molecule has 0 radical (unpaired) electrons. The maximum atomic E-state index is 12.4. The summed E-state index contributed by atoms with van der Waals surface area (Å²) in [5.41, 5.74) is 1.29. The first kappa shape index (κ1) is 17.4. The van der Waals surface area contributed by atoms with E-state index in [1.807, 2.05) is 30.0 Å². The van der Waals surface area contributed by atoms with Gasteiger partial charge in [-0.2, -0.15) is 4.98 Å². The van der Waals surface area contributed by atoms with Crippen molar-refractivity contribution < 1.29 is 9.53 Å². The van der Waals surface area contributed by atoms with E-state index in [1.54, 1.807) is 12.3 Å². The largest absolute Gasteiger partial charge is 0.474 e. The molecule has 2 heterocycles. The number of aromatic nitrogens is 2. The molecule has 0 unspecified atom stereocenters. The monoisotopic (exact) mass is 339 g/mol. The number of piperidine rings is 1. The standard InChI is InChI=1S/C20H25N3O2/c1-16-21-13-10-19(22-16)25-18-11-14-23(15-12-18)20(24)9-5-8-17-6-3-2-4-7-17/h2-4,6-7,10,13,18H,5,8-9,11-12,14-15H2,1H3. The van der Waals surface area contributed by atoms with Crippen molar-refractivity contribution >= 4 is 5.91 Å². The molecule has 0 saturated carbocycles. The Balaban J connectivity index is 1.38. The number of likely N-dealkylation sites (tertiary alicyclic amines) is 1. The smallest absolute Gasteiger partial charge is 0.222 e. The molecule has 1 aliphatic rings. The summed E-state index contributed by atoms with van der Waals surface area (Å²) in [4.78, 5) is 22.7. The molecule has 0 spiro atoms. The Kier molecular flexibility index (Phi) is 5.99. The molecule has 0 aliphatic carbocycles. The summed E-state index contributed by atoms with van der Waals surface area (Å²) in [5.74, 6) is 1.59. The first-order chi connectivity index (χ1) is 12.2. The predicted octanol–water partition coefficient (Wildman–Crippen LogP) is 3.18. The van der Waals surface area contributed by atoms with E-state index >= 15 is 0 Å². The van der Waals surface area contributed by atoms with Gasteiger partial charge in [0.2, 0.25) is 11.8 Å². The highest BCUT2D eigenvalue weighted by Crippen LogP contribution is 2.18. The van der Waals surface area contributed by atoms with E-state index < -0.39 is 0 Å². The van der Waals surface area contributed by atoms with Crippen molar-refractivity contribution in [1.82, 2.24) is 14.9 Å². The fourth-order valence-corrected chi connectivity index (χ4v) is 3.14. The maximum Gasteiger partial charge on any atom is 0.222 e. The highest BCUT2D eigenvalue weighted by atomic mass is 16.5. The molecular weight excluding hydrogens is 314 g/mol. The lowest BCUT2D eigenvalue weighted by Gasteiger charge is -2.32. The highest BCUT2D eigenvalue weighted by molar-refractivity contribution is 5.76. The molecular formula is C20H25N3O2. The first-order valence-corrected chi connectivity index (χ1v) is 8.99. The van der Waals surface area contributed by atoms with Gasteiger partial charge in [0.25, 0.3) is 0 Å². The number of nitrogens with zero attached hydrogens (tertiary/aromatic N) is 3. The summed E-state index contributed by atoms with van der Waals surface area (Å²) in [5, 5.41) is 0. The van der Waals surface area contributed by atoms with Gasteiger partial charge in [-0.3, -0.25) is 4.79 Å². The zero-order valence-electron chi connectivity index (χ0n) is 14.7. The van der Waals surface area contributed by atoms with Gasteiger partial charge < -0.3 is 9.64 Å². The molecule has 1 aromatic heterocycles. The molecule has 1 aliphatic heterocycles. The van der Waals surface area contributed by atoms with Crippen molar-refractivity contribution in [2.75, 3.05) is 13.1 Å². The lowest BCUT2D eigenvalue weighted by Crippen LogP contribution is -2.41. The Morgan fingerprint density at radius 3 is 2.68 bits per heavy atom. The van der Waals surface area contributed by atoms with E-state index in [0.29, 0.717) is 18.1 Å². The minimum atomic E-state index is 0.127. The average Bonchev–Trinajstić information content (AvgIpc) is 2.63. The van der Waals surface area contributed by atoms with Crippen molar-refractivity contribution in [3.63, 3.8) is 0 Å². The minimum absolute atomic E-state index is 0.127. The molecule has 1 fully saturated rings. The predicted molar refractivity (Wildman–Crippen MR) is 96.4 cm³/mol. The van der Waals surface area contributed by atoms with Crippen molar-refractivity contribution in [3.8, 4) is 5.88 Å². The Morgan fingerprint density at radius 2 is 1.96 bits per heavy atom. The third-order valence-corrected chi connectivity index (χ3v) is 4.53. The van der Waals surface area contributed by atoms with Gasteiger partial charge in [-0.1, -0.05) is 30.3 Å². The van der Waals surface area contributed by atoms with E-state index in [-0.39, 0.29) is 12.0 Å². The van der Waals surface area contributed by atoms with Gasteiger partial charge in [0.15, 0.2) is 0 Å². The molecule has 3 rings (SSSR count). The Morgan fingerprint density at radius 1 is 1.20 bits per heavy atom. The van der Waals surface area contributed by atoms with Crippen LogP contribution in [0.4, 0.5) is 0 Å². The molecule has 25 heavy (non-hydrogen) atoms. The van der Waals surface area contributed by atoms with Crippen molar-refractivity contribution in [1.29, 1.82) is 0 Å². The molecule has 0 N–H and O–H groups in total. The van der Waals surface area contributed by atoms with Gasteiger partial charge in [0.05, 0.1) is 0 Å². The van der Waals surface area contributed by atoms with Crippen LogP contribution in [0.15, 0.2) is 42.6 Å². The summed E-state index contributed by atoms with van der Waals surface area (Å²) in [6, 6.07) is 12.1. The Hall–Kier alpha value is -2.43. The van der Waals surface area contributed by atoms with Crippen LogP contribution in [0.3, 0.4) is 0 Å². The van der Waals surface area contributed by atoms with Crippen LogP contribution >= 0.6 is 0 Å². The van der Waals surface area contributed by atoms with E-state index in [9.17, 15) is 4.79 Å². The van der Waals surface area contributed by atoms with Crippen LogP contribution in [0.2, 0.25) is 0 Å². The minimum Gasteiger partial charge on any atom is -0.474 e. The van der Waals surface area contributed by atoms with Crippen LogP contribution in [-0.4, -0.2) is 40.0 Å². The number of carbonyl (C=O) groups is 1. The average molecular weight is 339 g/mol. The summed E-state index contributed by atoms with van der Waals surface area (Å²) >= 11 is 0. The second-order valence-corrected chi connectivity index (χ2v) is 6.48. The number of carbonyl (C=O) groups excluding carboxylic acids is 1. The van der Waals surface area contributed by atoms with Crippen LogP contribution in [-0.2, 0) is 11.2 Å². The van der Waals surface area contributed by atoms with E-state index in [1.165, 1.54) is 5.56 Å². The van der Waals surface area contributed by atoms with Crippen LogP contribution in [0.5, 0.6) is 5.88 Å². The zero-order chi connectivity index (χ0) is 17.5. The highest BCUT2D eigenvalue weighted by Gasteiger charge is 2.23. The number of hydrogen-bond acceptors (Lipinski definition) is 4. The summed E-state index contributed by atoms with van der Waals surface area (Å²) < 4.78 is 5.91. The fraction of sp³-hybridized carbons (Fsp3) is 0.450. The van der Waals surface area contributed by atoms with Gasteiger partial charge in [-0.05, 0) is 25.3 Å². The normalized spacial score (nSPS) is 15.2. The van der Waals surface area contributed by atoms with Gasteiger partial charge >= 0.3 is 0 Å². The molecule has 5 heteroatoms. The van der Waals surface area contributed by atoms with Gasteiger partial charge in [0.1, 0.15) is 11.9 Å². The second kappa shape index (κ2) is 8.60. The van der Waals surface area contributed by atoms with Crippen LogP contribution in [0.1, 0.15) is 37.1 Å². The quantitative estimate of drug-likeness (QED) is 0.811. The van der Waals surface area contributed by atoms with Gasteiger partial charge in [-0.15, -0.1) is 0 Å². The zero-order valence-corrected chi connectivity index (χ0v) is 14.7. The SMILES string of the molecule is Cc1nccc(OC2CCN(C(=O)CCCc3ccccc3)CC2)n1. The van der Waals surface area contributed by atoms with E-state index in [2.05, 4.69) is 22.1 Å². The number of amides is 1.